The van der Waals surface area contributed by atoms with Gasteiger partial charge in [0.25, 0.3) is 5.91 Å². The van der Waals surface area contributed by atoms with E-state index in [1.165, 1.54) is 10.6 Å². The molecule has 0 saturated carbocycles. The Morgan fingerprint density at radius 1 is 0.679 bits per heavy atom. The van der Waals surface area contributed by atoms with Crippen molar-refractivity contribution >= 4 is 29.7 Å². The topological polar surface area (TPSA) is 20.3 Å². The van der Waals surface area contributed by atoms with Gasteiger partial charge in [-0.25, -0.2) is 0 Å². The molecule has 0 aliphatic carbocycles. The lowest BCUT2D eigenvalue weighted by Crippen LogP contribution is -2.43. The second-order valence-electron chi connectivity index (χ2n) is 7.42. The maximum Gasteiger partial charge on any atom is 0.254 e. The molecule has 0 aromatic heterocycles. The highest BCUT2D eigenvalue weighted by Gasteiger charge is 2.27. The number of rotatable bonds is 6. The lowest BCUT2D eigenvalue weighted by molar-refractivity contribution is 0.0645. The first kappa shape index (κ1) is 20.3. The fourth-order valence-electron chi connectivity index (χ4n) is 3.64. The van der Waals surface area contributed by atoms with Crippen LogP contribution in [0, 0.1) is 0 Å². The Kier molecular flexibility index (Phi) is 6.65. The van der Waals surface area contributed by atoms with Gasteiger partial charge in [-0.1, -0.05) is 78.9 Å². The molecule has 1 amide bonds. The monoisotopic (exact) mass is 389 g/mol. The molecule has 0 spiro atoms. The summed E-state index contributed by atoms with van der Waals surface area (Å²) in [6.45, 7) is 8.32. The van der Waals surface area contributed by atoms with Gasteiger partial charge in [-0.15, -0.1) is 0 Å². The first-order valence-corrected chi connectivity index (χ1v) is 11.2. The Labute approximate surface area is 170 Å². The molecule has 0 heterocycles. The van der Waals surface area contributed by atoms with Crippen molar-refractivity contribution in [3.05, 3.63) is 90.5 Å². The predicted molar refractivity (Wildman–Crippen MR) is 122 cm³/mol. The molecule has 28 heavy (non-hydrogen) atoms. The summed E-state index contributed by atoms with van der Waals surface area (Å²) in [6, 6.07) is 29.5. The predicted octanol–water partition coefficient (Wildman–Crippen LogP) is 4.70. The van der Waals surface area contributed by atoms with Crippen LogP contribution in [0.25, 0.3) is 0 Å². The molecule has 0 aliphatic heterocycles. The van der Waals surface area contributed by atoms with E-state index in [4.69, 9.17) is 0 Å². The highest BCUT2D eigenvalue weighted by atomic mass is 31.1. The van der Waals surface area contributed by atoms with E-state index in [1.807, 2.05) is 35.2 Å². The molecule has 0 saturated heterocycles. The number of carbonyl (C=O) groups excluding carboxylic acids is 1. The van der Waals surface area contributed by atoms with Crippen LogP contribution in [0.2, 0.25) is 0 Å². The van der Waals surface area contributed by atoms with Gasteiger partial charge >= 0.3 is 0 Å². The van der Waals surface area contributed by atoms with Gasteiger partial charge in [0.15, 0.2) is 0 Å². The third kappa shape index (κ3) is 4.34. The van der Waals surface area contributed by atoms with E-state index in [9.17, 15) is 4.79 Å². The Balaban J connectivity index is 2.16. The standard InChI is InChI=1S/C25H28NOP/c1-19(2)26(20(3)4)25(27)23-17-11-12-18-24(23)28(21-13-7-5-8-14-21)22-15-9-6-10-16-22/h5-20H,1-4H3. The summed E-state index contributed by atoms with van der Waals surface area (Å²) < 4.78 is 0. The van der Waals surface area contributed by atoms with E-state index >= 15 is 0 Å². The summed E-state index contributed by atoms with van der Waals surface area (Å²) in [6.07, 6.45) is 0. The second kappa shape index (κ2) is 9.17. The lowest BCUT2D eigenvalue weighted by atomic mass is 10.1. The zero-order valence-electron chi connectivity index (χ0n) is 17.0. The van der Waals surface area contributed by atoms with Crippen LogP contribution < -0.4 is 15.9 Å². The van der Waals surface area contributed by atoms with Gasteiger partial charge in [0.2, 0.25) is 0 Å². The number of carbonyl (C=O) groups is 1. The SMILES string of the molecule is CC(C)N(C(=O)c1ccccc1P(c1ccccc1)c1ccccc1)C(C)C. The lowest BCUT2D eigenvalue weighted by Gasteiger charge is -2.32. The van der Waals surface area contributed by atoms with Crippen LogP contribution in [0.5, 0.6) is 0 Å². The Morgan fingerprint density at radius 3 is 1.57 bits per heavy atom. The molecular formula is C25H28NOP. The quantitative estimate of drug-likeness (QED) is 0.560. The van der Waals surface area contributed by atoms with Crippen molar-refractivity contribution in [2.75, 3.05) is 0 Å². The van der Waals surface area contributed by atoms with Crippen molar-refractivity contribution in [1.82, 2.24) is 4.90 Å². The maximum atomic E-state index is 13.6. The van der Waals surface area contributed by atoms with E-state index in [0.29, 0.717) is 0 Å². The normalized spacial score (nSPS) is 11.2. The minimum Gasteiger partial charge on any atom is -0.334 e. The van der Waals surface area contributed by atoms with E-state index in [0.717, 1.165) is 10.9 Å². The van der Waals surface area contributed by atoms with E-state index in [2.05, 4.69) is 82.3 Å². The molecule has 3 aromatic rings. The van der Waals surface area contributed by atoms with Crippen LogP contribution in [-0.2, 0) is 0 Å². The first-order chi connectivity index (χ1) is 13.5. The van der Waals surface area contributed by atoms with E-state index < -0.39 is 7.92 Å². The van der Waals surface area contributed by atoms with Crippen LogP contribution in [0.3, 0.4) is 0 Å². The zero-order chi connectivity index (χ0) is 20.1. The van der Waals surface area contributed by atoms with Crippen LogP contribution in [-0.4, -0.2) is 22.9 Å². The van der Waals surface area contributed by atoms with Crippen molar-refractivity contribution in [2.24, 2.45) is 0 Å². The van der Waals surface area contributed by atoms with Gasteiger partial charge < -0.3 is 4.90 Å². The highest BCUT2D eigenvalue weighted by molar-refractivity contribution is 7.80. The van der Waals surface area contributed by atoms with Crippen LogP contribution >= 0.6 is 7.92 Å². The number of hydrogen-bond acceptors (Lipinski definition) is 1. The Hall–Kier alpha value is -2.44. The van der Waals surface area contributed by atoms with Gasteiger partial charge in [-0.2, -0.15) is 0 Å². The smallest absolute Gasteiger partial charge is 0.254 e. The van der Waals surface area contributed by atoms with Crippen molar-refractivity contribution in [3.63, 3.8) is 0 Å². The van der Waals surface area contributed by atoms with E-state index in [-0.39, 0.29) is 18.0 Å². The number of benzene rings is 3. The molecular weight excluding hydrogens is 361 g/mol. The number of hydrogen-bond donors (Lipinski definition) is 0. The van der Waals surface area contributed by atoms with Gasteiger partial charge in [-0.3, -0.25) is 4.79 Å². The highest BCUT2D eigenvalue weighted by Crippen LogP contribution is 2.34. The average molecular weight is 389 g/mol. The Morgan fingerprint density at radius 2 is 1.11 bits per heavy atom. The summed E-state index contributed by atoms with van der Waals surface area (Å²) in [5.74, 6) is 0.111. The van der Waals surface area contributed by atoms with Crippen molar-refractivity contribution in [3.8, 4) is 0 Å². The maximum absolute atomic E-state index is 13.6. The molecule has 2 nitrogen and oxygen atoms in total. The summed E-state index contributed by atoms with van der Waals surface area (Å²) >= 11 is 0. The molecule has 0 atom stereocenters. The summed E-state index contributed by atoms with van der Waals surface area (Å²) in [7, 11) is -0.810. The average Bonchev–Trinajstić information content (AvgIpc) is 2.70. The van der Waals surface area contributed by atoms with E-state index in [1.54, 1.807) is 0 Å². The molecule has 0 bridgehead atoms. The third-order valence-corrected chi connectivity index (χ3v) is 7.25. The van der Waals surface area contributed by atoms with Gasteiger partial charge in [-0.05, 0) is 57.6 Å². The van der Waals surface area contributed by atoms with Crippen LogP contribution in [0.4, 0.5) is 0 Å². The number of amides is 1. The summed E-state index contributed by atoms with van der Waals surface area (Å²) in [4.78, 5) is 15.5. The molecule has 3 rings (SSSR count). The minimum absolute atomic E-state index is 0.111. The first-order valence-electron chi connectivity index (χ1n) is 9.82. The second-order valence-corrected chi connectivity index (χ2v) is 9.61. The zero-order valence-corrected chi connectivity index (χ0v) is 17.9. The van der Waals surface area contributed by atoms with Crippen molar-refractivity contribution in [1.29, 1.82) is 0 Å². The largest absolute Gasteiger partial charge is 0.334 e. The Bertz CT molecular complexity index is 859. The fraction of sp³-hybridized carbons (Fsp3) is 0.240. The molecule has 0 unspecified atom stereocenters. The fourth-order valence-corrected chi connectivity index (χ4v) is 6.08. The van der Waals surface area contributed by atoms with Crippen LogP contribution in [0.1, 0.15) is 38.1 Å². The molecule has 0 fully saturated rings. The summed E-state index contributed by atoms with van der Waals surface area (Å²) in [5.41, 5.74) is 0.809. The van der Waals surface area contributed by atoms with Gasteiger partial charge in [0.1, 0.15) is 0 Å². The van der Waals surface area contributed by atoms with Crippen molar-refractivity contribution in [2.45, 2.75) is 39.8 Å². The molecule has 3 aromatic carbocycles. The molecule has 0 aliphatic rings. The molecule has 0 radical (unpaired) electrons. The number of nitrogens with zero attached hydrogens (tertiary/aromatic N) is 1. The van der Waals surface area contributed by atoms with Gasteiger partial charge in [0.05, 0.1) is 0 Å². The molecule has 3 heteroatoms. The summed E-state index contributed by atoms with van der Waals surface area (Å²) in [5, 5.41) is 3.63. The van der Waals surface area contributed by atoms with Crippen LogP contribution in [0.15, 0.2) is 84.9 Å². The minimum atomic E-state index is -0.810. The van der Waals surface area contributed by atoms with Crippen molar-refractivity contribution < 1.29 is 4.79 Å². The molecule has 144 valence electrons. The third-order valence-electron chi connectivity index (χ3n) is 4.75. The molecule has 0 N–H and O–H groups in total. The van der Waals surface area contributed by atoms with Gasteiger partial charge in [0, 0.05) is 17.6 Å².